The van der Waals surface area contributed by atoms with Crippen LogP contribution in [0.4, 0.5) is 11.4 Å². The summed E-state index contributed by atoms with van der Waals surface area (Å²) in [5, 5.41) is 24.8. The number of rotatable bonds is 8. The fraction of sp³-hybridized carbons (Fsp3) is 0. The van der Waals surface area contributed by atoms with E-state index in [0.29, 0.717) is 22.7 Å². The third kappa shape index (κ3) is 14.0. The van der Waals surface area contributed by atoms with Crippen molar-refractivity contribution in [2.75, 3.05) is 10.6 Å². The summed E-state index contributed by atoms with van der Waals surface area (Å²) in [6, 6.07) is 23.9. The third-order valence-corrected chi connectivity index (χ3v) is 8.84. The molecule has 18 nitrogen and oxygen atoms in total. The summed E-state index contributed by atoms with van der Waals surface area (Å²) in [7, 11) is -9.04. The number of anilines is 2. The molecule has 0 saturated heterocycles. The molecular weight excluding hydrogens is 1050 g/mol. The van der Waals surface area contributed by atoms with Crippen LogP contribution in [-0.2, 0) is 42.6 Å². The summed E-state index contributed by atoms with van der Waals surface area (Å²) in [5.74, 6) is -1.37. The molecule has 0 bridgehead atoms. The Bertz CT molecular complexity index is 2430. The van der Waals surface area contributed by atoms with Gasteiger partial charge in [-0.15, -0.1) is 0 Å². The van der Waals surface area contributed by atoms with Crippen LogP contribution >= 0.6 is 24.4 Å². The molecule has 1 radical (unpaired) electrons. The number of benzene rings is 4. The van der Waals surface area contributed by atoms with Crippen LogP contribution in [0.15, 0.2) is 107 Å². The van der Waals surface area contributed by atoms with Crippen molar-refractivity contribution in [3.8, 4) is 11.4 Å². The number of carbonyl (C=O) groups is 2. The Kier molecular flexibility index (Phi) is 22.5. The summed E-state index contributed by atoms with van der Waals surface area (Å²) in [4.78, 5) is 23.9. The van der Waals surface area contributed by atoms with Gasteiger partial charge in [-0.05, 0) is 85.1 Å². The Hall–Kier alpha value is -0.131. The van der Waals surface area contributed by atoms with Crippen molar-refractivity contribution in [2.45, 2.75) is 9.79 Å². The molecule has 4 aromatic carbocycles. The molecule has 0 atom stereocenters. The number of nitrogens with one attached hydrogen (secondary N) is 4. The van der Waals surface area contributed by atoms with E-state index < -0.39 is 41.8 Å². The average Bonchev–Trinajstić information content (AvgIpc) is 3.72. The summed E-state index contributed by atoms with van der Waals surface area (Å²) < 4.78 is 67.4. The predicted octanol–water partition coefficient (Wildman–Crippen LogP) is -5.01. The van der Waals surface area contributed by atoms with Crippen molar-refractivity contribution < 1.29 is 216 Å². The molecule has 2 aromatic heterocycles. The Morgan fingerprint density at radius 1 is 0.611 bits per heavy atom. The second-order valence-corrected chi connectivity index (χ2v) is 13.3. The molecule has 0 spiro atoms. The van der Waals surface area contributed by atoms with Crippen LogP contribution in [0.3, 0.4) is 0 Å². The maximum atomic E-state index is 12.4. The van der Waals surface area contributed by atoms with E-state index >= 15 is 0 Å². The van der Waals surface area contributed by atoms with Gasteiger partial charge in [0.05, 0.1) is 22.5 Å². The van der Waals surface area contributed by atoms with Crippen LogP contribution < -0.4 is 165 Å². The van der Waals surface area contributed by atoms with E-state index in [1.54, 1.807) is 48.5 Å². The monoisotopic (exact) mass is 1070 g/mol. The minimum absolute atomic E-state index is 0. The SMILES string of the molecule is O=C(Nc1cccc(-n2[nH]nnc2=S)c1)c1ccccc1S(=O)(=O)O.O=C(Nc1cccc(-n2[nH]nnc2=S)c1)c1ccccc1S(=O)(=O)O.[Au].[H-].[H-].[H-].[K+].[K+].[K+]. The number of tetrazole rings is 2. The van der Waals surface area contributed by atoms with Crippen molar-refractivity contribution in [1.82, 2.24) is 40.4 Å². The van der Waals surface area contributed by atoms with E-state index in [-0.39, 0.29) is 201 Å². The minimum atomic E-state index is -4.52. The molecule has 54 heavy (non-hydrogen) atoms. The number of nitrogens with zero attached hydrogens (tertiary/aromatic N) is 6. The zero-order valence-corrected chi connectivity index (χ0v) is 43.0. The molecule has 0 aliphatic rings. The van der Waals surface area contributed by atoms with Crippen molar-refractivity contribution in [2.24, 2.45) is 0 Å². The van der Waals surface area contributed by atoms with Crippen LogP contribution in [-0.4, -0.2) is 78.2 Å². The van der Waals surface area contributed by atoms with Gasteiger partial charge in [-0.2, -0.15) is 27.3 Å². The van der Waals surface area contributed by atoms with Crippen LogP contribution in [0.2, 0.25) is 0 Å². The standard InChI is InChI=1S/2C14H11N5O4S2.Au.3K.3H/c2*20-13(11-6-1-2-7-12(11)25(21,22)23)15-9-4-3-5-10(8-9)19-14(24)16-17-18-19;;;;;;;/h2*1-8H,(H,15,20)(H,16,18,24)(H,21,22,23);;;;;;;/q;;;3*+1;3*-1. The Balaban J connectivity index is -0.000000911. The summed E-state index contributed by atoms with van der Waals surface area (Å²) >= 11 is 10.0. The zero-order chi connectivity index (χ0) is 36.1. The average molecular weight is 1070 g/mol. The van der Waals surface area contributed by atoms with E-state index in [1.807, 2.05) is 0 Å². The van der Waals surface area contributed by atoms with Crippen molar-refractivity contribution in [1.29, 1.82) is 0 Å². The molecule has 2 amide bonds. The van der Waals surface area contributed by atoms with Gasteiger partial charge in [0, 0.05) is 33.8 Å². The molecule has 2 heterocycles. The number of hydrogen-bond acceptors (Lipinski definition) is 12. The van der Waals surface area contributed by atoms with Crippen molar-refractivity contribution in [3.05, 3.63) is 118 Å². The number of amides is 2. The summed E-state index contributed by atoms with van der Waals surface area (Å²) in [6.45, 7) is 0. The van der Waals surface area contributed by atoms with Gasteiger partial charge in [0.2, 0.25) is 9.54 Å². The smallest absolute Gasteiger partial charge is 1.00 e. The molecule has 26 heteroatoms. The van der Waals surface area contributed by atoms with Crippen LogP contribution in [0.25, 0.3) is 11.4 Å². The minimum Gasteiger partial charge on any atom is -1.00 e. The number of hydrogen-bond donors (Lipinski definition) is 6. The van der Waals surface area contributed by atoms with Gasteiger partial charge < -0.3 is 14.9 Å². The Labute approximate surface area is 465 Å². The van der Waals surface area contributed by atoms with Crippen molar-refractivity contribution >= 4 is 67.9 Å². The van der Waals surface area contributed by atoms with Gasteiger partial charge >= 0.3 is 154 Å². The molecule has 273 valence electrons. The van der Waals surface area contributed by atoms with Crippen molar-refractivity contribution in [3.63, 3.8) is 0 Å². The van der Waals surface area contributed by atoms with Crippen LogP contribution in [0.1, 0.15) is 25.0 Å². The molecule has 0 saturated carbocycles. The van der Waals surface area contributed by atoms with Gasteiger partial charge in [0.25, 0.3) is 32.1 Å². The molecule has 0 aliphatic carbocycles. The Morgan fingerprint density at radius 2 is 0.963 bits per heavy atom. The largest absolute Gasteiger partial charge is 1.00 e. The first-order valence-corrected chi connectivity index (χ1v) is 17.4. The molecule has 0 unspecified atom stereocenters. The quantitative estimate of drug-likeness (QED) is 0.0475. The maximum Gasteiger partial charge on any atom is 1.00 e. The molecule has 0 fully saturated rings. The van der Waals surface area contributed by atoms with E-state index in [1.165, 1.54) is 45.8 Å². The first-order chi connectivity index (χ1) is 23.7. The molecular formula is C28H25AuK3N10O8S4. The van der Waals surface area contributed by atoms with Crippen LogP contribution in [0, 0.1) is 9.54 Å². The fourth-order valence-corrected chi connectivity index (χ4v) is 6.08. The molecule has 6 rings (SSSR count). The fourth-order valence-electron chi connectivity index (χ4n) is 4.33. The summed E-state index contributed by atoms with van der Waals surface area (Å²) in [6.07, 6.45) is 0. The summed E-state index contributed by atoms with van der Waals surface area (Å²) in [5.41, 5.74) is 1.60. The topological polar surface area (TPSA) is 260 Å². The van der Waals surface area contributed by atoms with Gasteiger partial charge in [-0.25, -0.2) is 9.36 Å². The second kappa shape index (κ2) is 23.5. The number of aromatic amines is 2. The molecule has 6 N–H and O–H groups in total. The van der Waals surface area contributed by atoms with E-state index in [9.17, 15) is 35.5 Å². The van der Waals surface area contributed by atoms with Gasteiger partial charge in [0.1, 0.15) is 9.79 Å². The predicted molar refractivity (Wildman–Crippen MR) is 185 cm³/mol. The Morgan fingerprint density at radius 3 is 1.28 bits per heavy atom. The first-order valence-electron chi connectivity index (χ1n) is 13.7. The normalized spacial score (nSPS) is 10.4. The van der Waals surface area contributed by atoms with Gasteiger partial charge in [0.15, 0.2) is 0 Å². The zero-order valence-electron chi connectivity index (χ0n) is 31.2. The van der Waals surface area contributed by atoms with E-state index in [4.69, 9.17) is 24.4 Å². The van der Waals surface area contributed by atoms with E-state index in [0.717, 1.165) is 12.1 Å². The van der Waals surface area contributed by atoms with Crippen LogP contribution in [0.5, 0.6) is 0 Å². The molecule has 6 aromatic rings. The number of H-pyrrole nitrogens is 2. The maximum absolute atomic E-state index is 12.4. The second-order valence-electron chi connectivity index (χ2n) is 9.79. The van der Waals surface area contributed by atoms with Gasteiger partial charge in [-0.1, -0.05) is 57.0 Å². The third-order valence-electron chi connectivity index (χ3n) is 6.49. The molecule has 0 aliphatic heterocycles. The van der Waals surface area contributed by atoms with Gasteiger partial charge in [-0.3, -0.25) is 18.7 Å². The van der Waals surface area contributed by atoms with E-state index in [2.05, 4.69) is 41.7 Å². The number of aromatic nitrogens is 8. The first kappa shape index (κ1) is 51.9. The number of carbonyl (C=O) groups excluding carboxylic acids is 2.